The van der Waals surface area contributed by atoms with Crippen LogP contribution in [0, 0.1) is 6.92 Å². The number of hydrogen-bond acceptors (Lipinski definition) is 7. The van der Waals surface area contributed by atoms with E-state index in [1.165, 1.54) is 23.5 Å². The smallest absolute Gasteiger partial charge is 0.367 e. The van der Waals surface area contributed by atoms with Gasteiger partial charge in [0.15, 0.2) is 0 Å². The van der Waals surface area contributed by atoms with Crippen molar-refractivity contribution in [2.24, 2.45) is 0 Å². The van der Waals surface area contributed by atoms with Crippen LogP contribution in [0.25, 0.3) is 11.4 Å². The molecule has 2 heterocycles. The lowest BCUT2D eigenvalue weighted by Gasteiger charge is -2.19. The Labute approximate surface area is 197 Å². The van der Waals surface area contributed by atoms with Crippen LogP contribution in [0.5, 0.6) is 5.75 Å². The van der Waals surface area contributed by atoms with Crippen molar-refractivity contribution in [1.29, 1.82) is 0 Å². The number of rotatable bonds is 10. The van der Waals surface area contributed by atoms with E-state index in [2.05, 4.69) is 4.98 Å². The van der Waals surface area contributed by atoms with Crippen LogP contribution in [0.3, 0.4) is 0 Å². The zero-order chi connectivity index (χ0) is 24.0. The quantitative estimate of drug-likeness (QED) is 0.318. The first-order valence-electron chi connectivity index (χ1n) is 10.7. The number of carbonyl (C=O) groups excluding carboxylic acids is 2. The van der Waals surface area contributed by atoms with Crippen molar-refractivity contribution in [2.45, 2.75) is 33.7 Å². The van der Waals surface area contributed by atoms with Gasteiger partial charge in [-0.2, -0.15) is 0 Å². The van der Waals surface area contributed by atoms with Crippen molar-refractivity contribution in [3.63, 3.8) is 0 Å². The van der Waals surface area contributed by atoms with E-state index < -0.39 is 5.97 Å². The van der Waals surface area contributed by atoms with Crippen molar-refractivity contribution in [3.05, 3.63) is 57.5 Å². The molecule has 0 radical (unpaired) electrons. The molecule has 8 nitrogen and oxygen atoms in total. The zero-order valence-corrected chi connectivity index (χ0v) is 20.4. The molecule has 0 unspecified atom stereocenters. The number of carbonyl (C=O) groups is 2. The molecule has 176 valence electrons. The molecular weight excluding hydrogens is 442 g/mol. The van der Waals surface area contributed by atoms with Gasteiger partial charge in [0, 0.05) is 24.2 Å². The highest BCUT2D eigenvalue weighted by Gasteiger charge is 2.25. The highest BCUT2D eigenvalue weighted by molar-refractivity contribution is 7.11. The van der Waals surface area contributed by atoms with Gasteiger partial charge < -0.3 is 14.0 Å². The van der Waals surface area contributed by atoms with E-state index in [9.17, 15) is 9.59 Å². The zero-order valence-electron chi connectivity index (χ0n) is 19.6. The molecule has 2 aromatic heterocycles. The van der Waals surface area contributed by atoms with Crippen LogP contribution in [0.1, 0.15) is 51.7 Å². The molecular formula is C24H29N3O5S. The Morgan fingerprint density at radius 1 is 1.15 bits per heavy atom. The van der Waals surface area contributed by atoms with Crippen molar-refractivity contribution in [1.82, 2.24) is 14.6 Å². The second-order valence-corrected chi connectivity index (χ2v) is 8.17. The van der Waals surface area contributed by atoms with Crippen LogP contribution < -0.4 is 4.74 Å². The number of thiazole rings is 1. The number of hydroxylamine groups is 2. The monoisotopic (exact) mass is 471 g/mol. The summed E-state index contributed by atoms with van der Waals surface area (Å²) >= 11 is 1.22. The summed E-state index contributed by atoms with van der Waals surface area (Å²) in [6.07, 6.45) is 0.771. The number of nitrogens with zero attached hydrogens (tertiary/aromatic N) is 3. The molecule has 0 N–H and O–H groups in total. The van der Waals surface area contributed by atoms with E-state index in [4.69, 9.17) is 14.3 Å². The van der Waals surface area contributed by atoms with Crippen molar-refractivity contribution < 1.29 is 23.9 Å². The summed E-state index contributed by atoms with van der Waals surface area (Å²) < 4.78 is 12.4. The van der Waals surface area contributed by atoms with Gasteiger partial charge in [-0.15, -0.1) is 11.3 Å². The third kappa shape index (κ3) is 5.43. The van der Waals surface area contributed by atoms with E-state index in [0.29, 0.717) is 24.3 Å². The molecule has 0 bridgehead atoms. The highest BCUT2D eigenvalue weighted by atomic mass is 32.1. The van der Waals surface area contributed by atoms with Gasteiger partial charge in [-0.25, -0.2) is 14.8 Å². The second kappa shape index (κ2) is 11.1. The average Bonchev–Trinajstić information content (AvgIpc) is 3.43. The topological polar surface area (TPSA) is 82.9 Å². The molecule has 1 aromatic carbocycles. The maximum Gasteiger partial charge on any atom is 0.367 e. The third-order valence-corrected chi connectivity index (χ3v) is 6.01. The maximum absolute atomic E-state index is 13.2. The first-order valence-corrected chi connectivity index (χ1v) is 11.6. The van der Waals surface area contributed by atoms with Gasteiger partial charge in [-0.1, -0.05) is 19.1 Å². The minimum absolute atomic E-state index is 0.215. The Kier molecular flexibility index (Phi) is 8.24. The van der Waals surface area contributed by atoms with Crippen LogP contribution in [0.2, 0.25) is 0 Å². The minimum atomic E-state index is -0.455. The van der Waals surface area contributed by atoms with Crippen LogP contribution in [0.15, 0.2) is 35.7 Å². The molecule has 0 aliphatic rings. The number of benzene rings is 1. The van der Waals surface area contributed by atoms with E-state index in [-0.39, 0.29) is 17.5 Å². The first kappa shape index (κ1) is 24.5. The largest absolute Gasteiger partial charge is 0.497 e. The Hall–Kier alpha value is -3.17. The number of methoxy groups -OCH3 is 1. The molecule has 0 spiro atoms. The van der Waals surface area contributed by atoms with Crippen LogP contribution in [0.4, 0.5) is 0 Å². The standard InChI is InChI=1S/C24H29N3O5S/c1-6-12-27(31-5)23(28)19-13-21(20-15-33-22(25-20)24(29)32-7-2)26(16(19)3)14-17-8-10-18(30-4)11-9-17/h8-11,13,15H,6-7,12,14H2,1-5H3. The molecule has 0 fully saturated rings. The summed E-state index contributed by atoms with van der Waals surface area (Å²) in [5, 5.41) is 3.44. The number of hydrogen-bond donors (Lipinski definition) is 0. The Bertz CT molecular complexity index is 1100. The van der Waals surface area contributed by atoms with Gasteiger partial charge in [0.2, 0.25) is 5.01 Å². The molecule has 0 aliphatic heterocycles. The average molecular weight is 472 g/mol. The summed E-state index contributed by atoms with van der Waals surface area (Å²) in [4.78, 5) is 35.1. The normalized spacial score (nSPS) is 10.8. The van der Waals surface area contributed by atoms with Gasteiger partial charge in [-0.05, 0) is 44.0 Å². The fraction of sp³-hybridized carbons (Fsp3) is 0.375. The number of ether oxygens (including phenoxy) is 2. The van der Waals surface area contributed by atoms with Crippen LogP contribution in [-0.2, 0) is 16.1 Å². The number of esters is 1. The molecule has 0 saturated heterocycles. The lowest BCUT2D eigenvalue weighted by atomic mass is 10.2. The van der Waals surface area contributed by atoms with E-state index in [1.807, 2.05) is 48.7 Å². The first-order chi connectivity index (χ1) is 15.9. The fourth-order valence-electron chi connectivity index (χ4n) is 3.48. The van der Waals surface area contributed by atoms with E-state index >= 15 is 0 Å². The summed E-state index contributed by atoms with van der Waals surface area (Å²) in [7, 11) is 3.12. The van der Waals surface area contributed by atoms with E-state index in [0.717, 1.165) is 29.1 Å². The third-order valence-electron chi connectivity index (χ3n) is 5.19. The lowest BCUT2D eigenvalue weighted by molar-refractivity contribution is -0.0948. The summed E-state index contributed by atoms with van der Waals surface area (Å²) in [5.74, 6) is 0.101. The number of amides is 1. The predicted molar refractivity (Wildman–Crippen MR) is 127 cm³/mol. The molecule has 0 saturated carbocycles. The predicted octanol–water partition coefficient (Wildman–Crippen LogP) is 4.57. The van der Waals surface area contributed by atoms with Crippen LogP contribution in [-0.4, -0.2) is 53.9 Å². The molecule has 9 heteroatoms. The highest BCUT2D eigenvalue weighted by Crippen LogP contribution is 2.29. The van der Waals surface area contributed by atoms with Gasteiger partial charge in [0.1, 0.15) is 5.75 Å². The molecule has 3 aromatic rings. The SMILES string of the molecule is CCCN(OC)C(=O)c1cc(-c2csc(C(=O)OCC)n2)n(Cc2ccc(OC)cc2)c1C. The Morgan fingerprint density at radius 2 is 1.88 bits per heavy atom. The van der Waals surface area contributed by atoms with Gasteiger partial charge in [-0.3, -0.25) is 9.63 Å². The molecule has 0 atom stereocenters. The van der Waals surface area contributed by atoms with Crippen LogP contribution >= 0.6 is 11.3 Å². The lowest BCUT2D eigenvalue weighted by Crippen LogP contribution is -2.31. The van der Waals surface area contributed by atoms with Crippen molar-refractivity contribution >= 4 is 23.2 Å². The summed E-state index contributed by atoms with van der Waals surface area (Å²) in [6, 6.07) is 9.57. The minimum Gasteiger partial charge on any atom is -0.497 e. The van der Waals surface area contributed by atoms with Gasteiger partial charge >= 0.3 is 5.97 Å². The Balaban J connectivity index is 2.05. The van der Waals surface area contributed by atoms with Crippen molar-refractivity contribution in [2.75, 3.05) is 27.4 Å². The van der Waals surface area contributed by atoms with Crippen molar-refractivity contribution in [3.8, 4) is 17.1 Å². The maximum atomic E-state index is 13.2. The molecule has 0 aliphatic carbocycles. The van der Waals surface area contributed by atoms with Gasteiger partial charge in [0.05, 0.1) is 37.8 Å². The van der Waals surface area contributed by atoms with E-state index in [1.54, 1.807) is 19.4 Å². The molecule has 3 rings (SSSR count). The Morgan fingerprint density at radius 3 is 2.48 bits per heavy atom. The molecule has 33 heavy (non-hydrogen) atoms. The second-order valence-electron chi connectivity index (χ2n) is 7.31. The number of aromatic nitrogens is 2. The summed E-state index contributed by atoms with van der Waals surface area (Å²) in [5.41, 5.74) is 3.70. The summed E-state index contributed by atoms with van der Waals surface area (Å²) in [6.45, 7) is 6.93. The molecule has 1 amide bonds. The van der Waals surface area contributed by atoms with Gasteiger partial charge in [0.25, 0.3) is 5.91 Å². The fourth-order valence-corrected chi connectivity index (χ4v) is 4.19.